The van der Waals surface area contributed by atoms with Crippen LogP contribution in [0.2, 0.25) is 0 Å². The summed E-state index contributed by atoms with van der Waals surface area (Å²) in [5.41, 5.74) is 27.7. The summed E-state index contributed by atoms with van der Waals surface area (Å²) in [6.07, 6.45) is 10.1. The number of furan rings is 5. The van der Waals surface area contributed by atoms with E-state index in [4.69, 9.17) is 41.8 Å². The van der Waals surface area contributed by atoms with Gasteiger partial charge in [-0.3, -0.25) is 0 Å². The Hall–Kier alpha value is -15.6. The number of fused-ring (bicyclic) bond motifs is 15. The van der Waals surface area contributed by atoms with E-state index in [1.54, 1.807) is 12.1 Å². The summed E-state index contributed by atoms with van der Waals surface area (Å²) >= 11 is 0. The maximum Gasteiger partial charge on any atom is 0.229 e. The van der Waals surface area contributed by atoms with Gasteiger partial charge in [0.25, 0.3) is 0 Å². The Kier molecular flexibility index (Phi) is 19.6. The van der Waals surface area contributed by atoms with Gasteiger partial charge in [0.1, 0.15) is 85.5 Å². The molecule has 10 heterocycles. The van der Waals surface area contributed by atoms with Gasteiger partial charge in [-0.15, -0.1) is 0 Å². The molecule has 10 aromatic carbocycles. The lowest BCUT2D eigenvalue weighted by molar-refractivity contribution is -0.660. The van der Waals surface area contributed by atoms with Crippen LogP contribution in [0.4, 0.5) is 17.1 Å². The van der Waals surface area contributed by atoms with E-state index in [2.05, 4.69) is 150 Å². The fourth-order valence-corrected chi connectivity index (χ4v) is 15.7. The summed E-state index contributed by atoms with van der Waals surface area (Å²) in [6, 6.07) is 84.3. The zero-order valence-corrected chi connectivity index (χ0v) is 65.0. The topological polar surface area (TPSA) is 146 Å². The molecule has 0 atom stereocenters. The maximum absolute atomic E-state index is 9.56. The first-order valence-electron chi connectivity index (χ1n) is 37.4. The Bertz CT molecular complexity index is 7450. The van der Waals surface area contributed by atoms with Gasteiger partial charge in [0.05, 0.1) is 70.8 Å². The first-order chi connectivity index (χ1) is 56.0. The van der Waals surface area contributed by atoms with Crippen LogP contribution in [0.5, 0.6) is 0 Å². The van der Waals surface area contributed by atoms with E-state index in [9.17, 15) is 10.5 Å². The lowest BCUT2D eigenvalue weighted by Gasteiger charge is -2.06. The molecule has 0 aliphatic heterocycles. The molecule has 0 radical (unpaired) electrons. The van der Waals surface area contributed by atoms with Crippen molar-refractivity contribution in [3.63, 3.8) is 0 Å². The van der Waals surface area contributed by atoms with Crippen molar-refractivity contribution < 1.29 is 44.9 Å². The summed E-state index contributed by atoms with van der Waals surface area (Å²) in [5.74, 6) is 0. The monoisotopic (exact) mass is 1500 g/mol. The third kappa shape index (κ3) is 13.3. The average Bonchev–Trinajstić information content (AvgIpc) is 1.64. The fourth-order valence-electron chi connectivity index (χ4n) is 15.7. The molecule has 0 aliphatic rings. The van der Waals surface area contributed by atoms with Crippen molar-refractivity contribution in [2.45, 2.75) is 34.6 Å². The molecular formula is C100H75N10O5+5. The van der Waals surface area contributed by atoms with Crippen LogP contribution in [0.1, 0.15) is 38.9 Å². The van der Waals surface area contributed by atoms with Crippen LogP contribution in [0.3, 0.4) is 0 Å². The smallest absolute Gasteiger partial charge is 0.229 e. The molecule has 550 valence electrons. The predicted octanol–water partition coefficient (Wildman–Crippen LogP) is 23.3. The van der Waals surface area contributed by atoms with Crippen LogP contribution in [0.15, 0.2) is 296 Å². The third-order valence-electron chi connectivity index (χ3n) is 21.4. The van der Waals surface area contributed by atoms with Crippen molar-refractivity contribution in [2.24, 2.45) is 35.2 Å². The minimum absolute atomic E-state index is 0.555. The van der Waals surface area contributed by atoms with Gasteiger partial charge in [0, 0.05) is 115 Å². The van der Waals surface area contributed by atoms with Crippen LogP contribution < -0.4 is 22.8 Å². The molecule has 0 saturated heterocycles. The summed E-state index contributed by atoms with van der Waals surface area (Å²) in [5, 5.41) is 28.9. The summed E-state index contributed by atoms with van der Waals surface area (Å²) < 4.78 is 41.2. The minimum Gasteiger partial charge on any atom is -0.466 e. The molecule has 0 unspecified atom stereocenters. The van der Waals surface area contributed by atoms with Gasteiger partial charge < -0.3 is 22.1 Å². The number of nitrogens with zero attached hydrogens (tertiary/aromatic N) is 10. The molecule has 0 amide bonds. The van der Waals surface area contributed by atoms with Crippen molar-refractivity contribution in [1.29, 1.82) is 10.5 Å². The van der Waals surface area contributed by atoms with Gasteiger partial charge in [0.2, 0.25) is 34.2 Å². The highest BCUT2D eigenvalue weighted by Gasteiger charge is 2.27. The van der Waals surface area contributed by atoms with E-state index in [1.165, 1.54) is 11.1 Å². The Balaban J connectivity index is 0.000000108. The van der Waals surface area contributed by atoms with E-state index in [0.29, 0.717) is 33.8 Å². The Morgan fingerprint density at radius 3 is 1.15 bits per heavy atom. The minimum atomic E-state index is 0.555. The lowest BCUT2D eigenvalue weighted by Crippen LogP contribution is -2.30. The molecule has 0 saturated carbocycles. The number of hydrogen-bond acceptors (Lipinski definition) is 7. The molecule has 115 heavy (non-hydrogen) atoms. The number of para-hydroxylation sites is 2. The second-order valence-corrected chi connectivity index (χ2v) is 28.6. The summed E-state index contributed by atoms with van der Waals surface area (Å²) in [7, 11) is 10.1. The van der Waals surface area contributed by atoms with Gasteiger partial charge in [-0.05, 0) is 135 Å². The van der Waals surface area contributed by atoms with E-state index in [1.807, 2.05) is 231 Å². The molecule has 0 fully saturated rings. The molecule has 15 heteroatoms. The second kappa shape index (κ2) is 30.7. The Morgan fingerprint density at radius 2 is 0.643 bits per heavy atom. The molecule has 0 aliphatic carbocycles. The van der Waals surface area contributed by atoms with Crippen molar-refractivity contribution in [3.05, 3.63) is 347 Å². The van der Waals surface area contributed by atoms with Gasteiger partial charge in [0.15, 0.2) is 47.9 Å². The Labute approximate surface area is 663 Å². The molecule has 0 N–H and O–H groups in total. The Morgan fingerprint density at radius 1 is 0.270 bits per heavy atom. The normalized spacial score (nSPS) is 11.0. The molecule has 20 rings (SSSR count). The zero-order valence-electron chi connectivity index (χ0n) is 65.0. The van der Waals surface area contributed by atoms with Crippen molar-refractivity contribution in [2.75, 3.05) is 0 Å². The first-order valence-corrected chi connectivity index (χ1v) is 37.4. The highest BCUT2D eigenvalue weighted by atomic mass is 16.3. The number of aromatic nitrogens is 5. The number of rotatable bonds is 5. The largest absolute Gasteiger partial charge is 0.466 e. The molecular weight excluding hydrogens is 1420 g/mol. The van der Waals surface area contributed by atoms with E-state index in [-0.39, 0.29) is 0 Å². The van der Waals surface area contributed by atoms with E-state index < -0.39 is 0 Å². The molecule has 15 nitrogen and oxygen atoms in total. The lowest BCUT2D eigenvalue weighted by atomic mass is 9.97. The highest BCUT2D eigenvalue weighted by Crippen LogP contribution is 2.45. The molecule has 20 aromatic rings. The third-order valence-corrected chi connectivity index (χ3v) is 21.4. The average molecular weight is 1500 g/mol. The summed E-state index contributed by atoms with van der Waals surface area (Å²) in [4.78, 5) is 10.6. The number of nitriles is 2. The standard InChI is InChI=1S/5C20H15N2O/c1-13-10-11-15-14-7-6-8-16(21-2)19(14)23-20(15)18(13)17-9-4-5-12-22(17)3;1-13-7-9-16-15-10-8-14(21-2)12-18(15)23-20(16)19(13)17-6-4-5-11-22(17)3;1-13-7-9-15-16-12-14(21-2)8-10-18(16)23-20(15)19(13)17-6-4-5-11-22(17)3;1-13-9-10-15-19-14(12-21)6-5-8-17(19)23-20(15)18(13)16-7-3-4-11-22(16)2;1-13-11-14(12-21)19-15-7-3-4-9-17(15)23-20(19)18(13)16-8-5-6-10-22(16)2/h3*4-12H,1,3H3;2*3-11H,1-2H3/q5*+1. The van der Waals surface area contributed by atoms with Crippen LogP contribution >= 0.6 is 0 Å². The quantitative estimate of drug-likeness (QED) is 0.123. The second-order valence-electron chi connectivity index (χ2n) is 28.6. The van der Waals surface area contributed by atoms with Crippen molar-refractivity contribution in [3.8, 4) is 68.4 Å². The SMILES string of the molecule is Cc1cc(C#N)c2c(oc3ccccc32)c1-c1cccc[n+]1C.Cc1ccc2c(oc3cccc(C#N)c32)c1-c1cccc[n+]1C.[C-]#[N+]c1ccc2c(c1)oc1c(-c3cccc[n+]3C)c(C)ccc12.[C-]#[N+]c1ccc2oc3c(-c4cccc[n+]4C)c(C)ccc3c2c1.[C-]#[N+]c1cccc2c1oc1c(-c3cccc[n+]3C)c(C)ccc12. The number of aryl methyl sites for hydroxylation is 10. The molecule has 0 spiro atoms. The van der Waals surface area contributed by atoms with Crippen molar-refractivity contribution in [1.82, 2.24) is 0 Å². The van der Waals surface area contributed by atoms with E-state index in [0.717, 1.165) is 177 Å². The number of hydrogen-bond donors (Lipinski definition) is 0. The van der Waals surface area contributed by atoms with Crippen LogP contribution in [0, 0.1) is 77.0 Å². The van der Waals surface area contributed by atoms with E-state index >= 15 is 0 Å². The summed E-state index contributed by atoms with van der Waals surface area (Å²) in [6.45, 7) is 32.1. The van der Waals surface area contributed by atoms with Gasteiger partial charge in [-0.25, -0.2) is 37.4 Å². The predicted molar refractivity (Wildman–Crippen MR) is 454 cm³/mol. The fraction of sp³-hybridized carbons (Fsp3) is 0.100. The van der Waals surface area contributed by atoms with Gasteiger partial charge in [-0.1, -0.05) is 109 Å². The van der Waals surface area contributed by atoms with Gasteiger partial charge >= 0.3 is 0 Å². The highest BCUT2D eigenvalue weighted by molar-refractivity contribution is 6.16. The van der Waals surface area contributed by atoms with Crippen LogP contribution in [0.25, 0.3) is 181 Å². The zero-order chi connectivity index (χ0) is 79.9. The number of pyridine rings is 5. The number of benzene rings is 10. The molecule has 10 aromatic heterocycles. The molecule has 0 bridgehead atoms. The van der Waals surface area contributed by atoms with Gasteiger partial charge in [-0.2, -0.15) is 10.5 Å². The maximum atomic E-state index is 9.56. The van der Waals surface area contributed by atoms with Crippen molar-refractivity contribution >= 4 is 127 Å². The first kappa shape index (κ1) is 73.5. The van der Waals surface area contributed by atoms with Crippen LogP contribution in [-0.2, 0) is 35.2 Å². The van der Waals surface area contributed by atoms with Crippen LogP contribution in [-0.4, -0.2) is 0 Å².